The average Bonchev–Trinajstić information content (AvgIpc) is 2.60. The van der Waals surface area contributed by atoms with Crippen LogP contribution in [-0.4, -0.2) is 19.7 Å². The molecule has 1 saturated heterocycles. The fourth-order valence-electron chi connectivity index (χ4n) is 3.28. The van der Waals surface area contributed by atoms with Crippen LogP contribution in [0.4, 0.5) is 4.39 Å². The summed E-state index contributed by atoms with van der Waals surface area (Å²) >= 11 is 6.10. The van der Waals surface area contributed by atoms with Gasteiger partial charge in [-0.3, -0.25) is 0 Å². The molecule has 2 atom stereocenters. The van der Waals surface area contributed by atoms with Crippen molar-refractivity contribution >= 4 is 11.6 Å². The smallest absolute Gasteiger partial charge is 0.123 e. The summed E-state index contributed by atoms with van der Waals surface area (Å²) in [5.74, 6) is 0.619. The van der Waals surface area contributed by atoms with Crippen LogP contribution in [0.5, 0.6) is 5.75 Å². The molecule has 2 aromatic rings. The number of nitrogens with one attached hydrogen (secondary N) is 2. The Hall–Kier alpha value is -1.62. The minimum atomic E-state index is -0.199. The molecule has 0 aromatic heterocycles. The number of hydrogen-bond acceptors (Lipinski definition) is 3. The van der Waals surface area contributed by atoms with Crippen LogP contribution in [0.2, 0.25) is 5.02 Å². The summed E-state index contributed by atoms with van der Waals surface area (Å²) in [5.41, 5.74) is 2.00. The van der Waals surface area contributed by atoms with E-state index in [0.29, 0.717) is 11.6 Å². The molecule has 128 valence electrons. The number of hydrogen-bond donors (Lipinski definition) is 2. The highest BCUT2D eigenvalue weighted by Gasteiger charge is 2.26. The first-order chi connectivity index (χ1) is 11.7. The molecule has 2 N–H and O–H groups in total. The van der Waals surface area contributed by atoms with Crippen molar-refractivity contribution in [2.45, 2.75) is 31.5 Å². The maximum atomic E-state index is 13.6. The lowest BCUT2D eigenvalue weighted by atomic mass is 9.92. The van der Waals surface area contributed by atoms with Crippen molar-refractivity contribution in [3.05, 3.63) is 64.4 Å². The van der Waals surface area contributed by atoms with E-state index in [2.05, 4.69) is 10.6 Å². The number of halogens is 2. The summed E-state index contributed by atoms with van der Waals surface area (Å²) in [7, 11) is 1.66. The SMILES string of the molecule is COc1ccc(Cl)cc1CN[C@@H]1CCCN[C@@H]1c1cccc(F)c1. The lowest BCUT2D eigenvalue weighted by Gasteiger charge is -2.34. The van der Waals surface area contributed by atoms with Crippen LogP contribution in [0.25, 0.3) is 0 Å². The van der Waals surface area contributed by atoms with Gasteiger partial charge in [-0.05, 0) is 55.3 Å². The van der Waals surface area contributed by atoms with Crippen LogP contribution < -0.4 is 15.4 Å². The Kier molecular flexibility index (Phi) is 5.72. The van der Waals surface area contributed by atoms with Gasteiger partial charge < -0.3 is 15.4 Å². The zero-order chi connectivity index (χ0) is 16.9. The van der Waals surface area contributed by atoms with Crippen LogP contribution in [0.15, 0.2) is 42.5 Å². The van der Waals surface area contributed by atoms with E-state index >= 15 is 0 Å². The highest BCUT2D eigenvalue weighted by molar-refractivity contribution is 6.30. The molecule has 0 aliphatic carbocycles. The normalized spacial score (nSPS) is 20.8. The maximum Gasteiger partial charge on any atom is 0.123 e. The van der Waals surface area contributed by atoms with E-state index in [1.54, 1.807) is 19.2 Å². The van der Waals surface area contributed by atoms with E-state index in [1.807, 2.05) is 24.3 Å². The van der Waals surface area contributed by atoms with Gasteiger partial charge in [-0.1, -0.05) is 23.7 Å². The van der Waals surface area contributed by atoms with Crippen molar-refractivity contribution in [3.63, 3.8) is 0 Å². The Balaban J connectivity index is 1.74. The Labute approximate surface area is 147 Å². The lowest BCUT2D eigenvalue weighted by Crippen LogP contribution is -2.45. The summed E-state index contributed by atoms with van der Waals surface area (Å²) in [6.07, 6.45) is 2.13. The summed E-state index contributed by atoms with van der Waals surface area (Å²) < 4.78 is 19.0. The Bertz CT molecular complexity index is 695. The summed E-state index contributed by atoms with van der Waals surface area (Å²) in [6.45, 7) is 1.60. The quantitative estimate of drug-likeness (QED) is 0.854. The standard InChI is InChI=1S/C19H22ClFN2O/c1-24-18-8-7-15(20)10-14(18)12-23-17-6-3-9-22-19(17)13-4-2-5-16(21)11-13/h2,4-5,7-8,10-11,17,19,22-23H,3,6,9,12H2,1H3/t17-,19-/m1/s1. The molecule has 0 unspecified atom stereocenters. The topological polar surface area (TPSA) is 33.3 Å². The van der Waals surface area contributed by atoms with Crippen LogP contribution in [0.3, 0.4) is 0 Å². The highest BCUT2D eigenvalue weighted by atomic mass is 35.5. The second-order valence-corrected chi connectivity index (χ2v) is 6.51. The Morgan fingerprint density at radius 3 is 2.96 bits per heavy atom. The largest absolute Gasteiger partial charge is 0.496 e. The van der Waals surface area contributed by atoms with Gasteiger partial charge in [0, 0.05) is 29.2 Å². The predicted molar refractivity (Wildman–Crippen MR) is 95.0 cm³/mol. The van der Waals surface area contributed by atoms with Gasteiger partial charge in [0.15, 0.2) is 0 Å². The molecule has 1 fully saturated rings. The van der Waals surface area contributed by atoms with Crippen molar-refractivity contribution in [1.82, 2.24) is 10.6 Å². The van der Waals surface area contributed by atoms with Gasteiger partial charge in [-0.2, -0.15) is 0 Å². The van der Waals surface area contributed by atoms with Gasteiger partial charge >= 0.3 is 0 Å². The van der Waals surface area contributed by atoms with Gasteiger partial charge in [0.25, 0.3) is 0 Å². The summed E-state index contributed by atoms with van der Waals surface area (Å²) in [4.78, 5) is 0. The number of piperidine rings is 1. The van der Waals surface area contributed by atoms with Gasteiger partial charge in [0.05, 0.1) is 7.11 Å². The molecule has 3 rings (SSSR count). The molecule has 2 aromatic carbocycles. The fraction of sp³-hybridized carbons (Fsp3) is 0.368. The van der Waals surface area contributed by atoms with E-state index < -0.39 is 0 Å². The molecule has 0 saturated carbocycles. The van der Waals surface area contributed by atoms with Crippen LogP contribution >= 0.6 is 11.6 Å². The molecule has 1 heterocycles. The molecule has 5 heteroatoms. The molecule has 0 amide bonds. The minimum absolute atomic E-state index is 0.0969. The molecule has 0 spiro atoms. The second kappa shape index (κ2) is 7.97. The first kappa shape index (κ1) is 17.2. The maximum absolute atomic E-state index is 13.6. The summed E-state index contributed by atoms with van der Waals surface area (Å²) in [5, 5.41) is 7.78. The highest BCUT2D eigenvalue weighted by Crippen LogP contribution is 2.26. The third kappa shape index (κ3) is 4.07. The molecule has 3 nitrogen and oxygen atoms in total. The number of rotatable bonds is 5. The van der Waals surface area contributed by atoms with Gasteiger partial charge in [0.2, 0.25) is 0 Å². The molecule has 1 aliphatic heterocycles. The van der Waals surface area contributed by atoms with E-state index in [4.69, 9.17) is 16.3 Å². The molecule has 1 aliphatic rings. The third-order valence-corrected chi connectivity index (χ3v) is 4.70. The number of benzene rings is 2. The van der Waals surface area contributed by atoms with Crippen molar-refractivity contribution in [2.75, 3.05) is 13.7 Å². The van der Waals surface area contributed by atoms with Crippen molar-refractivity contribution in [2.24, 2.45) is 0 Å². The Morgan fingerprint density at radius 2 is 2.17 bits per heavy atom. The van der Waals surface area contributed by atoms with Crippen molar-refractivity contribution in [1.29, 1.82) is 0 Å². The molecule has 24 heavy (non-hydrogen) atoms. The average molecular weight is 349 g/mol. The van der Waals surface area contributed by atoms with E-state index in [-0.39, 0.29) is 17.9 Å². The number of ether oxygens (including phenoxy) is 1. The first-order valence-electron chi connectivity index (χ1n) is 8.22. The lowest BCUT2D eigenvalue weighted by molar-refractivity contribution is 0.302. The van der Waals surface area contributed by atoms with Gasteiger partial charge in [0.1, 0.15) is 11.6 Å². The molecule has 0 radical (unpaired) electrons. The van der Waals surface area contributed by atoms with Crippen LogP contribution in [0.1, 0.15) is 30.0 Å². The number of methoxy groups -OCH3 is 1. The molecule has 0 bridgehead atoms. The van der Waals surface area contributed by atoms with Crippen LogP contribution in [0, 0.1) is 5.82 Å². The van der Waals surface area contributed by atoms with Crippen molar-refractivity contribution in [3.8, 4) is 5.75 Å². The van der Waals surface area contributed by atoms with Gasteiger partial charge in [-0.25, -0.2) is 4.39 Å². The Morgan fingerprint density at radius 1 is 1.29 bits per heavy atom. The predicted octanol–water partition coefficient (Wildman–Crippen LogP) is 4.07. The minimum Gasteiger partial charge on any atom is -0.496 e. The third-order valence-electron chi connectivity index (χ3n) is 4.46. The molecular formula is C19H22ClFN2O. The van der Waals surface area contributed by atoms with Gasteiger partial charge in [-0.15, -0.1) is 0 Å². The van der Waals surface area contributed by atoms with E-state index in [1.165, 1.54) is 6.07 Å². The first-order valence-corrected chi connectivity index (χ1v) is 8.60. The van der Waals surface area contributed by atoms with Crippen LogP contribution in [-0.2, 0) is 6.54 Å². The van der Waals surface area contributed by atoms with E-state index in [9.17, 15) is 4.39 Å². The fourth-order valence-corrected chi connectivity index (χ4v) is 3.48. The second-order valence-electron chi connectivity index (χ2n) is 6.07. The zero-order valence-electron chi connectivity index (χ0n) is 13.7. The van der Waals surface area contributed by atoms with Crippen molar-refractivity contribution < 1.29 is 9.13 Å². The zero-order valence-corrected chi connectivity index (χ0v) is 14.4. The molecular weight excluding hydrogens is 327 g/mol. The van der Waals surface area contributed by atoms with E-state index in [0.717, 1.165) is 36.3 Å². The monoisotopic (exact) mass is 348 g/mol. The summed E-state index contributed by atoms with van der Waals surface area (Å²) in [6, 6.07) is 12.8.